The van der Waals surface area contributed by atoms with E-state index in [0.717, 1.165) is 12.8 Å². The average molecular weight is 322 g/mol. The van der Waals surface area contributed by atoms with Crippen LogP contribution in [0.5, 0.6) is 0 Å². The number of pyridine rings is 1. The predicted octanol–water partition coefficient (Wildman–Crippen LogP) is 2.80. The minimum atomic E-state index is -0.141. The van der Waals surface area contributed by atoms with Crippen LogP contribution in [-0.4, -0.2) is 28.8 Å². The van der Waals surface area contributed by atoms with Crippen LogP contribution in [0.2, 0.25) is 5.15 Å². The van der Waals surface area contributed by atoms with Crippen LogP contribution in [0.4, 0.5) is 5.69 Å². The minimum absolute atomic E-state index is 0.141. The van der Waals surface area contributed by atoms with Crippen molar-refractivity contribution in [1.29, 1.82) is 0 Å². The maximum Gasteiger partial charge on any atom is 0.255 e. The number of carbonyl (C=O) groups excluding carboxylic acids is 2. The SMILES string of the molecule is CC(C)Nc1cc(Cl)ncc1C(=O)NC1CC2(CC(=O)C2)C1. The number of nitrogens with zero attached hydrogens (tertiary/aromatic N) is 1. The molecule has 2 aliphatic carbocycles. The molecule has 3 rings (SSSR count). The summed E-state index contributed by atoms with van der Waals surface area (Å²) in [6.45, 7) is 4.00. The molecule has 0 saturated heterocycles. The summed E-state index contributed by atoms with van der Waals surface area (Å²) in [5.41, 5.74) is 1.39. The van der Waals surface area contributed by atoms with E-state index in [4.69, 9.17) is 11.6 Å². The number of Topliss-reactive ketones (excluding diaryl/α,β-unsaturated/α-hetero) is 1. The highest BCUT2D eigenvalue weighted by atomic mass is 35.5. The van der Waals surface area contributed by atoms with Crippen molar-refractivity contribution in [3.63, 3.8) is 0 Å². The first-order valence-electron chi connectivity index (χ1n) is 7.61. The normalized spacial score (nSPS) is 19.7. The Bertz CT molecular complexity index is 614. The lowest BCUT2D eigenvalue weighted by molar-refractivity contribution is -0.139. The Morgan fingerprint density at radius 1 is 1.41 bits per heavy atom. The Balaban J connectivity index is 1.64. The van der Waals surface area contributed by atoms with Gasteiger partial charge in [-0.05, 0) is 38.2 Å². The molecule has 2 saturated carbocycles. The number of rotatable bonds is 4. The summed E-state index contributed by atoms with van der Waals surface area (Å²) >= 11 is 5.91. The molecule has 1 amide bonds. The second-order valence-corrected chi connectivity index (χ2v) is 7.21. The molecule has 118 valence electrons. The first kappa shape index (κ1) is 15.3. The summed E-state index contributed by atoms with van der Waals surface area (Å²) < 4.78 is 0. The summed E-state index contributed by atoms with van der Waals surface area (Å²) in [6.07, 6.45) is 4.67. The molecule has 0 aliphatic heterocycles. The fourth-order valence-electron chi connectivity index (χ4n) is 3.47. The Morgan fingerprint density at radius 2 is 2.09 bits per heavy atom. The van der Waals surface area contributed by atoms with Crippen molar-refractivity contribution >= 4 is 29.0 Å². The number of hydrogen-bond acceptors (Lipinski definition) is 4. The molecule has 0 bridgehead atoms. The van der Waals surface area contributed by atoms with Crippen LogP contribution >= 0.6 is 11.6 Å². The minimum Gasteiger partial charge on any atom is -0.382 e. The van der Waals surface area contributed by atoms with Crippen molar-refractivity contribution in [2.24, 2.45) is 5.41 Å². The lowest BCUT2D eigenvalue weighted by atomic mass is 9.53. The van der Waals surface area contributed by atoms with Gasteiger partial charge in [0.25, 0.3) is 5.91 Å². The second-order valence-electron chi connectivity index (χ2n) is 6.82. The number of anilines is 1. The van der Waals surface area contributed by atoms with Gasteiger partial charge in [0, 0.05) is 31.1 Å². The van der Waals surface area contributed by atoms with Gasteiger partial charge in [0.2, 0.25) is 0 Å². The number of carbonyl (C=O) groups is 2. The first-order valence-corrected chi connectivity index (χ1v) is 7.99. The zero-order chi connectivity index (χ0) is 15.9. The standard InChI is InChI=1S/C16H20ClN3O2/c1-9(2)19-13-3-14(17)18-8-12(13)15(22)20-10-4-16(5-10)6-11(21)7-16/h3,8-10H,4-7H2,1-2H3,(H,18,19)(H,20,22). The third-order valence-corrected chi connectivity index (χ3v) is 4.60. The Labute approximate surface area is 134 Å². The van der Waals surface area contributed by atoms with E-state index < -0.39 is 0 Å². The molecule has 1 spiro atoms. The fourth-order valence-corrected chi connectivity index (χ4v) is 3.62. The molecular formula is C16H20ClN3O2. The van der Waals surface area contributed by atoms with Crippen molar-refractivity contribution < 1.29 is 9.59 Å². The second kappa shape index (κ2) is 5.54. The van der Waals surface area contributed by atoms with Crippen LogP contribution in [0, 0.1) is 5.41 Å². The highest BCUT2D eigenvalue weighted by Gasteiger charge is 2.52. The van der Waals surface area contributed by atoms with Crippen LogP contribution < -0.4 is 10.6 Å². The summed E-state index contributed by atoms with van der Waals surface area (Å²) in [6, 6.07) is 2.02. The van der Waals surface area contributed by atoms with Gasteiger partial charge < -0.3 is 10.6 Å². The lowest BCUT2D eigenvalue weighted by Crippen LogP contribution is -2.56. The van der Waals surface area contributed by atoms with Crippen molar-refractivity contribution in [3.8, 4) is 0 Å². The van der Waals surface area contributed by atoms with Gasteiger partial charge >= 0.3 is 0 Å². The molecule has 1 heterocycles. The molecule has 1 aromatic rings. The van der Waals surface area contributed by atoms with Gasteiger partial charge in [-0.25, -0.2) is 4.98 Å². The summed E-state index contributed by atoms with van der Waals surface area (Å²) in [7, 11) is 0. The maximum absolute atomic E-state index is 12.4. The number of hydrogen-bond donors (Lipinski definition) is 2. The van der Waals surface area contributed by atoms with E-state index in [1.165, 1.54) is 6.20 Å². The predicted molar refractivity (Wildman–Crippen MR) is 85.2 cm³/mol. The van der Waals surface area contributed by atoms with Crippen LogP contribution in [0.3, 0.4) is 0 Å². The highest BCUT2D eigenvalue weighted by molar-refractivity contribution is 6.29. The van der Waals surface area contributed by atoms with Gasteiger partial charge in [0.05, 0.1) is 11.3 Å². The first-order chi connectivity index (χ1) is 10.4. The molecule has 22 heavy (non-hydrogen) atoms. The van der Waals surface area contributed by atoms with Crippen molar-refractivity contribution in [3.05, 3.63) is 23.0 Å². The van der Waals surface area contributed by atoms with E-state index in [1.54, 1.807) is 6.07 Å². The Morgan fingerprint density at radius 3 is 2.68 bits per heavy atom. The van der Waals surface area contributed by atoms with E-state index in [1.807, 2.05) is 13.8 Å². The van der Waals surface area contributed by atoms with E-state index >= 15 is 0 Å². The van der Waals surface area contributed by atoms with Crippen LogP contribution in [0.1, 0.15) is 49.9 Å². The molecule has 2 aliphatic rings. The summed E-state index contributed by atoms with van der Waals surface area (Å²) in [5.74, 6) is 0.202. The maximum atomic E-state index is 12.4. The molecule has 2 N–H and O–H groups in total. The third-order valence-electron chi connectivity index (χ3n) is 4.40. The molecule has 6 heteroatoms. The molecule has 2 fully saturated rings. The van der Waals surface area contributed by atoms with Crippen molar-refractivity contribution in [2.75, 3.05) is 5.32 Å². The quantitative estimate of drug-likeness (QED) is 0.837. The molecule has 0 atom stereocenters. The lowest BCUT2D eigenvalue weighted by Gasteiger charge is -2.52. The van der Waals surface area contributed by atoms with Gasteiger partial charge in [-0.3, -0.25) is 9.59 Å². The van der Waals surface area contributed by atoms with Crippen LogP contribution in [0.15, 0.2) is 12.3 Å². The smallest absolute Gasteiger partial charge is 0.255 e. The van der Waals surface area contributed by atoms with E-state index in [9.17, 15) is 9.59 Å². The van der Waals surface area contributed by atoms with Crippen LogP contribution in [0.25, 0.3) is 0 Å². The number of halogens is 1. The van der Waals surface area contributed by atoms with Gasteiger partial charge in [0.1, 0.15) is 10.9 Å². The van der Waals surface area contributed by atoms with Crippen LogP contribution in [-0.2, 0) is 4.79 Å². The summed E-state index contributed by atoms with van der Waals surface area (Å²) in [5, 5.41) is 6.61. The topological polar surface area (TPSA) is 71.1 Å². The molecule has 0 radical (unpaired) electrons. The average Bonchev–Trinajstić information content (AvgIpc) is 2.33. The molecule has 5 nitrogen and oxygen atoms in total. The number of aromatic nitrogens is 1. The van der Waals surface area contributed by atoms with Gasteiger partial charge in [-0.1, -0.05) is 11.6 Å². The number of ketones is 1. The molecule has 1 aromatic heterocycles. The number of amides is 1. The Hall–Kier alpha value is -1.62. The summed E-state index contributed by atoms with van der Waals surface area (Å²) in [4.78, 5) is 27.6. The molecule has 0 aromatic carbocycles. The molecule has 0 unspecified atom stereocenters. The zero-order valence-corrected chi connectivity index (χ0v) is 13.5. The van der Waals surface area contributed by atoms with Gasteiger partial charge in [-0.2, -0.15) is 0 Å². The number of nitrogens with one attached hydrogen (secondary N) is 2. The fraction of sp³-hybridized carbons (Fsp3) is 0.562. The molecular weight excluding hydrogens is 302 g/mol. The van der Waals surface area contributed by atoms with E-state index in [0.29, 0.717) is 35.0 Å². The van der Waals surface area contributed by atoms with Gasteiger partial charge in [0.15, 0.2) is 0 Å². The monoisotopic (exact) mass is 321 g/mol. The largest absolute Gasteiger partial charge is 0.382 e. The van der Waals surface area contributed by atoms with Crippen molar-refractivity contribution in [2.45, 2.75) is 51.6 Å². The third kappa shape index (κ3) is 2.95. The van der Waals surface area contributed by atoms with E-state index in [-0.39, 0.29) is 23.4 Å². The van der Waals surface area contributed by atoms with Gasteiger partial charge in [-0.15, -0.1) is 0 Å². The highest BCUT2D eigenvalue weighted by Crippen LogP contribution is 2.54. The zero-order valence-electron chi connectivity index (χ0n) is 12.8. The van der Waals surface area contributed by atoms with Crippen molar-refractivity contribution in [1.82, 2.24) is 10.3 Å². The Kier molecular flexibility index (Phi) is 3.85. The van der Waals surface area contributed by atoms with E-state index in [2.05, 4.69) is 15.6 Å².